The molecule has 0 bridgehead atoms. The van der Waals surface area contributed by atoms with Crippen LogP contribution in [0, 0.1) is 5.92 Å². The number of nitrogens with zero attached hydrogens (tertiary/aromatic N) is 1. The molecule has 0 radical (unpaired) electrons. The number of methoxy groups -OCH3 is 1. The van der Waals surface area contributed by atoms with Crippen LogP contribution >= 0.6 is 0 Å². The van der Waals surface area contributed by atoms with Gasteiger partial charge in [-0.3, -0.25) is 4.79 Å². The summed E-state index contributed by atoms with van der Waals surface area (Å²) in [6, 6.07) is 8.97. The molecule has 0 aromatic heterocycles. The highest BCUT2D eigenvalue weighted by Gasteiger charge is 2.47. The summed E-state index contributed by atoms with van der Waals surface area (Å²) in [6.45, 7) is 4.39. The van der Waals surface area contributed by atoms with Gasteiger partial charge in [-0.15, -0.1) is 0 Å². The molecule has 1 aromatic carbocycles. The van der Waals surface area contributed by atoms with E-state index in [-0.39, 0.29) is 5.92 Å². The van der Waals surface area contributed by atoms with E-state index in [0.717, 1.165) is 25.0 Å². The summed E-state index contributed by atoms with van der Waals surface area (Å²) in [5.74, 6) is 1.85. The van der Waals surface area contributed by atoms with Crippen LogP contribution in [0.4, 0.5) is 0 Å². The highest BCUT2D eigenvalue weighted by atomic mass is 16.5. The standard InChI is InChI=1S/C18H25NO2/c1-12-5-4-6-13(2)19(12)18(20)17-11-16(17)14-7-9-15(21-3)10-8-14/h7-10,12-13,16-17H,4-6,11H2,1-3H3. The lowest BCUT2D eigenvalue weighted by Crippen LogP contribution is -2.48. The number of rotatable bonds is 3. The highest BCUT2D eigenvalue weighted by molar-refractivity contribution is 5.83. The zero-order chi connectivity index (χ0) is 15.0. The van der Waals surface area contributed by atoms with Gasteiger partial charge in [-0.25, -0.2) is 0 Å². The fraction of sp³-hybridized carbons (Fsp3) is 0.611. The number of ether oxygens (including phenoxy) is 1. The average molecular weight is 287 g/mol. The maximum Gasteiger partial charge on any atom is 0.226 e. The number of benzene rings is 1. The summed E-state index contributed by atoms with van der Waals surface area (Å²) < 4.78 is 5.19. The van der Waals surface area contributed by atoms with Crippen molar-refractivity contribution in [1.82, 2.24) is 4.90 Å². The van der Waals surface area contributed by atoms with Crippen molar-refractivity contribution in [2.75, 3.05) is 7.11 Å². The second kappa shape index (κ2) is 5.70. The molecule has 2 aliphatic rings. The second-order valence-electron chi connectivity index (χ2n) is 6.60. The van der Waals surface area contributed by atoms with E-state index in [1.54, 1.807) is 7.11 Å². The van der Waals surface area contributed by atoms with Gasteiger partial charge in [-0.1, -0.05) is 12.1 Å². The second-order valence-corrected chi connectivity index (χ2v) is 6.60. The van der Waals surface area contributed by atoms with Gasteiger partial charge < -0.3 is 9.64 Å². The topological polar surface area (TPSA) is 29.5 Å². The van der Waals surface area contributed by atoms with E-state index in [4.69, 9.17) is 4.74 Å². The Kier molecular flexibility index (Phi) is 3.92. The lowest BCUT2D eigenvalue weighted by Gasteiger charge is -2.39. The van der Waals surface area contributed by atoms with Crippen LogP contribution in [0.5, 0.6) is 5.75 Å². The Bertz CT molecular complexity index is 500. The van der Waals surface area contributed by atoms with Gasteiger partial charge in [0.2, 0.25) is 5.91 Å². The van der Waals surface area contributed by atoms with Crippen molar-refractivity contribution in [2.24, 2.45) is 5.92 Å². The summed E-state index contributed by atoms with van der Waals surface area (Å²) in [5.41, 5.74) is 1.27. The van der Waals surface area contributed by atoms with Crippen molar-refractivity contribution in [1.29, 1.82) is 0 Å². The molecule has 2 fully saturated rings. The van der Waals surface area contributed by atoms with E-state index < -0.39 is 0 Å². The quantitative estimate of drug-likeness (QED) is 0.850. The van der Waals surface area contributed by atoms with E-state index >= 15 is 0 Å². The fourth-order valence-corrected chi connectivity index (χ4v) is 3.73. The van der Waals surface area contributed by atoms with Crippen LogP contribution in [-0.4, -0.2) is 30.0 Å². The normalized spacial score (nSPS) is 31.9. The molecule has 4 atom stereocenters. The predicted molar refractivity (Wildman–Crippen MR) is 83.5 cm³/mol. The summed E-state index contributed by atoms with van der Waals surface area (Å²) in [6.07, 6.45) is 4.55. The SMILES string of the molecule is COc1ccc(C2CC2C(=O)N2C(C)CCCC2C)cc1. The maximum absolute atomic E-state index is 12.8. The van der Waals surface area contributed by atoms with Crippen LogP contribution in [-0.2, 0) is 4.79 Å². The third-order valence-corrected chi connectivity index (χ3v) is 5.10. The van der Waals surface area contributed by atoms with Gasteiger partial charge in [0, 0.05) is 18.0 Å². The van der Waals surface area contributed by atoms with Crippen LogP contribution < -0.4 is 4.74 Å². The van der Waals surface area contributed by atoms with Gasteiger partial charge in [0.1, 0.15) is 5.75 Å². The Hall–Kier alpha value is -1.51. The van der Waals surface area contributed by atoms with Gasteiger partial charge in [-0.2, -0.15) is 0 Å². The average Bonchev–Trinajstić information content (AvgIpc) is 3.27. The highest BCUT2D eigenvalue weighted by Crippen LogP contribution is 2.49. The van der Waals surface area contributed by atoms with Crippen molar-refractivity contribution in [3.8, 4) is 5.75 Å². The molecule has 1 aromatic rings. The molecule has 114 valence electrons. The minimum atomic E-state index is 0.196. The molecule has 1 aliphatic carbocycles. The van der Waals surface area contributed by atoms with E-state index in [9.17, 15) is 4.79 Å². The Morgan fingerprint density at radius 1 is 1.14 bits per heavy atom. The van der Waals surface area contributed by atoms with E-state index in [0.29, 0.717) is 23.9 Å². The number of piperidine rings is 1. The van der Waals surface area contributed by atoms with Gasteiger partial charge in [0.15, 0.2) is 0 Å². The van der Waals surface area contributed by atoms with Crippen LogP contribution in [0.2, 0.25) is 0 Å². The van der Waals surface area contributed by atoms with Gasteiger partial charge in [0.05, 0.1) is 7.11 Å². The van der Waals surface area contributed by atoms with Gasteiger partial charge >= 0.3 is 0 Å². The lowest BCUT2D eigenvalue weighted by atomic mass is 9.96. The molecule has 4 unspecified atom stereocenters. The lowest BCUT2D eigenvalue weighted by molar-refractivity contribution is -0.138. The Morgan fingerprint density at radius 2 is 1.76 bits per heavy atom. The third-order valence-electron chi connectivity index (χ3n) is 5.10. The first-order chi connectivity index (χ1) is 10.1. The number of carbonyl (C=O) groups is 1. The minimum Gasteiger partial charge on any atom is -0.497 e. The van der Waals surface area contributed by atoms with Crippen LogP contribution in [0.3, 0.4) is 0 Å². The number of hydrogen-bond donors (Lipinski definition) is 0. The van der Waals surface area contributed by atoms with Crippen molar-refractivity contribution >= 4 is 5.91 Å². The molecule has 3 rings (SSSR count). The zero-order valence-electron chi connectivity index (χ0n) is 13.2. The van der Waals surface area contributed by atoms with Crippen LogP contribution in [0.1, 0.15) is 51.0 Å². The molecule has 3 nitrogen and oxygen atoms in total. The molecule has 1 amide bonds. The largest absolute Gasteiger partial charge is 0.497 e. The Labute approximate surface area is 127 Å². The molecule has 1 heterocycles. The molecular formula is C18H25NO2. The number of hydrogen-bond acceptors (Lipinski definition) is 2. The van der Waals surface area contributed by atoms with Crippen LogP contribution in [0.25, 0.3) is 0 Å². The first-order valence-corrected chi connectivity index (χ1v) is 8.08. The monoisotopic (exact) mass is 287 g/mol. The molecule has 1 saturated carbocycles. The summed E-state index contributed by atoms with van der Waals surface area (Å²) in [5, 5.41) is 0. The molecular weight excluding hydrogens is 262 g/mol. The number of likely N-dealkylation sites (tertiary alicyclic amines) is 1. The molecule has 0 spiro atoms. The van der Waals surface area contributed by atoms with E-state index in [1.807, 2.05) is 12.1 Å². The molecule has 0 N–H and O–H groups in total. The van der Waals surface area contributed by atoms with Crippen molar-refractivity contribution in [3.05, 3.63) is 29.8 Å². The van der Waals surface area contributed by atoms with Crippen molar-refractivity contribution in [2.45, 2.75) is 57.5 Å². The minimum absolute atomic E-state index is 0.196. The maximum atomic E-state index is 12.8. The summed E-state index contributed by atoms with van der Waals surface area (Å²) >= 11 is 0. The third kappa shape index (κ3) is 2.78. The number of amides is 1. The number of carbonyl (C=O) groups excluding carboxylic acids is 1. The van der Waals surface area contributed by atoms with E-state index in [2.05, 4.69) is 30.9 Å². The first kappa shape index (κ1) is 14.4. The summed E-state index contributed by atoms with van der Waals surface area (Å²) in [4.78, 5) is 14.9. The Morgan fingerprint density at radius 3 is 2.33 bits per heavy atom. The molecule has 3 heteroatoms. The fourth-order valence-electron chi connectivity index (χ4n) is 3.73. The van der Waals surface area contributed by atoms with Gasteiger partial charge in [0.25, 0.3) is 0 Å². The van der Waals surface area contributed by atoms with Crippen molar-refractivity contribution < 1.29 is 9.53 Å². The van der Waals surface area contributed by atoms with Crippen LogP contribution in [0.15, 0.2) is 24.3 Å². The molecule has 21 heavy (non-hydrogen) atoms. The van der Waals surface area contributed by atoms with Crippen molar-refractivity contribution in [3.63, 3.8) is 0 Å². The summed E-state index contributed by atoms with van der Waals surface area (Å²) in [7, 11) is 1.68. The first-order valence-electron chi connectivity index (χ1n) is 8.08. The Balaban J connectivity index is 1.67. The molecule has 1 saturated heterocycles. The smallest absolute Gasteiger partial charge is 0.226 e. The van der Waals surface area contributed by atoms with Gasteiger partial charge in [-0.05, 0) is 63.1 Å². The van der Waals surface area contributed by atoms with E-state index in [1.165, 1.54) is 12.0 Å². The zero-order valence-corrected chi connectivity index (χ0v) is 13.2. The predicted octanol–water partition coefficient (Wildman–Crippen LogP) is 3.59. The molecule has 1 aliphatic heterocycles.